The Balaban J connectivity index is 1.32. The van der Waals surface area contributed by atoms with Gasteiger partial charge in [0.1, 0.15) is 0 Å². The van der Waals surface area contributed by atoms with Crippen LogP contribution in [-0.4, -0.2) is 34.0 Å². The average molecular weight is 390 g/mol. The smallest absolute Gasteiger partial charge is 0.251 e. The van der Waals surface area contributed by atoms with Gasteiger partial charge < -0.3 is 9.84 Å². The highest BCUT2D eigenvalue weighted by Crippen LogP contribution is 2.19. The summed E-state index contributed by atoms with van der Waals surface area (Å²) in [5.41, 5.74) is 3.88. The van der Waals surface area contributed by atoms with E-state index >= 15 is 0 Å². The molecule has 1 aliphatic heterocycles. The number of carbonyl (C=O) groups excluding carboxylic acids is 1. The maximum absolute atomic E-state index is 12.4. The van der Waals surface area contributed by atoms with Crippen LogP contribution in [0.15, 0.2) is 53.1 Å². The fraction of sp³-hybridized carbons (Fsp3) is 0.348. The lowest BCUT2D eigenvalue weighted by Gasteiger charge is -2.26. The first-order chi connectivity index (χ1) is 14.2. The molecule has 0 spiro atoms. The number of carbonyl (C=O) groups is 1. The van der Waals surface area contributed by atoms with Crippen LogP contribution >= 0.6 is 0 Å². The van der Waals surface area contributed by atoms with E-state index in [0.29, 0.717) is 17.3 Å². The van der Waals surface area contributed by atoms with Gasteiger partial charge in [0.2, 0.25) is 11.7 Å². The highest BCUT2D eigenvalue weighted by atomic mass is 16.5. The summed E-state index contributed by atoms with van der Waals surface area (Å²) in [6, 6.07) is 15.7. The SMILES string of the molecule is Cc1ccccc1-c1noc(CNC(=O)c2ccc(CN3CCCCC3)cc2)n1. The number of amides is 1. The summed E-state index contributed by atoms with van der Waals surface area (Å²) in [4.78, 5) is 19.3. The lowest BCUT2D eigenvalue weighted by atomic mass is 10.1. The van der Waals surface area contributed by atoms with E-state index in [1.807, 2.05) is 55.5 Å². The van der Waals surface area contributed by atoms with E-state index < -0.39 is 0 Å². The number of likely N-dealkylation sites (tertiary alicyclic amines) is 1. The molecule has 0 bridgehead atoms. The van der Waals surface area contributed by atoms with Crippen molar-refractivity contribution in [2.75, 3.05) is 13.1 Å². The molecule has 6 nitrogen and oxygen atoms in total. The summed E-state index contributed by atoms with van der Waals surface area (Å²) in [6.07, 6.45) is 3.89. The molecule has 2 heterocycles. The van der Waals surface area contributed by atoms with Crippen LogP contribution in [0, 0.1) is 6.92 Å². The molecule has 0 atom stereocenters. The van der Waals surface area contributed by atoms with E-state index in [1.54, 1.807) is 0 Å². The second kappa shape index (κ2) is 9.01. The predicted octanol–water partition coefficient (Wildman–Crippen LogP) is 3.96. The number of nitrogens with one attached hydrogen (secondary N) is 1. The summed E-state index contributed by atoms with van der Waals surface area (Å²) in [5, 5.41) is 6.87. The summed E-state index contributed by atoms with van der Waals surface area (Å²) in [7, 11) is 0. The van der Waals surface area contributed by atoms with Gasteiger partial charge in [0.05, 0.1) is 6.54 Å². The summed E-state index contributed by atoms with van der Waals surface area (Å²) >= 11 is 0. The number of hydrogen-bond acceptors (Lipinski definition) is 5. The Labute approximate surface area is 170 Å². The van der Waals surface area contributed by atoms with Crippen LogP contribution in [0.5, 0.6) is 0 Å². The Morgan fingerprint density at radius 1 is 1.07 bits per heavy atom. The van der Waals surface area contributed by atoms with Crippen LogP contribution in [0.4, 0.5) is 0 Å². The fourth-order valence-corrected chi connectivity index (χ4v) is 3.66. The van der Waals surface area contributed by atoms with Crippen LogP contribution in [0.3, 0.4) is 0 Å². The molecule has 1 N–H and O–H groups in total. The summed E-state index contributed by atoms with van der Waals surface area (Å²) < 4.78 is 5.28. The molecule has 1 amide bonds. The number of rotatable bonds is 6. The molecule has 1 aliphatic rings. The lowest BCUT2D eigenvalue weighted by Crippen LogP contribution is -2.29. The molecule has 0 radical (unpaired) electrons. The average Bonchev–Trinajstić information content (AvgIpc) is 3.22. The predicted molar refractivity (Wildman–Crippen MR) is 111 cm³/mol. The number of aryl methyl sites for hydroxylation is 1. The van der Waals surface area contributed by atoms with E-state index in [9.17, 15) is 4.79 Å². The quantitative estimate of drug-likeness (QED) is 0.690. The molecule has 2 aromatic carbocycles. The van der Waals surface area contributed by atoms with Gasteiger partial charge in [-0.05, 0) is 56.1 Å². The zero-order valence-corrected chi connectivity index (χ0v) is 16.7. The van der Waals surface area contributed by atoms with Gasteiger partial charge in [-0.15, -0.1) is 0 Å². The van der Waals surface area contributed by atoms with E-state index in [2.05, 4.69) is 20.4 Å². The summed E-state index contributed by atoms with van der Waals surface area (Å²) in [6.45, 7) is 5.48. The molecule has 1 aromatic heterocycles. The third-order valence-corrected chi connectivity index (χ3v) is 5.33. The summed E-state index contributed by atoms with van der Waals surface area (Å²) in [5.74, 6) is 0.776. The molecular formula is C23H26N4O2. The number of aromatic nitrogens is 2. The Kier molecular flexibility index (Phi) is 6.00. The first kappa shape index (κ1) is 19.3. The Morgan fingerprint density at radius 2 is 1.83 bits per heavy atom. The van der Waals surface area contributed by atoms with E-state index in [-0.39, 0.29) is 12.5 Å². The van der Waals surface area contributed by atoms with Crippen LogP contribution in [0.25, 0.3) is 11.4 Å². The van der Waals surface area contributed by atoms with E-state index in [4.69, 9.17) is 4.52 Å². The normalized spacial score (nSPS) is 14.7. The highest BCUT2D eigenvalue weighted by Gasteiger charge is 2.13. The van der Waals surface area contributed by atoms with Gasteiger partial charge in [-0.2, -0.15) is 4.98 Å². The van der Waals surface area contributed by atoms with Crippen molar-refractivity contribution in [3.63, 3.8) is 0 Å². The van der Waals surface area contributed by atoms with Gasteiger partial charge in [-0.25, -0.2) is 0 Å². The van der Waals surface area contributed by atoms with Crippen LogP contribution in [0.2, 0.25) is 0 Å². The fourth-order valence-electron chi connectivity index (χ4n) is 3.66. The maximum atomic E-state index is 12.4. The molecule has 1 fully saturated rings. The Morgan fingerprint density at radius 3 is 2.59 bits per heavy atom. The van der Waals surface area contributed by atoms with E-state index in [0.717, 1.165) is 30.8 Å². The highest BCUT2D eigenvalue weighted by molar-refractivity contribution is 5.94. The zero-order chi connectivity index (χ0) is 20.1. The van der Waals surface area contributed by atoms with Gasteiger partial charge in [-0.1, -0.05) is 48.0 Å². The first-order valence-corrected chi connectivity index (χ1v) is 10.2. The number of piperidine rings is 1. The van der Waals surface area contributed by atoms with Gasteiger partial charge in [-0.3, -0.25) is 9.69 Å². The molecule has 0 unspecified atom stereocenters. The zero-order valence-electron chi connectivity index (χ0n) is 16.7. The van der Waals surface area contributed by atoms with Crippen molar-refractivity contribution in [2.24, 2.45) is 0 Å². The van der Waals surface area contributed by atoms with Crippen LogP contribution in [-0.2, 0) is 13.1 Å². The van der Waals surface area contributed by atoms with Crippen molar-refractivity contribution in [3.05, 3.63) is 71.1 Å². The van der Waals surface area contributed by atoms with Crippen LogP contribution in [0.1, 0.15) is 46.6 Å². The number of benzene rings is 2. The monoisotopic (exact) mass is 390 g/mol. The maximum Gasteiger partial charge on any atom is 0.251 e. The molecule has 0 aliphatic carbocycles. The van der Waals surface area contributed by atoms with Crippen LogP contribution < -0.4 is 5.32 Å². The minimum Gasteiger partial charge on any atom is -0.343 e. The molecule has 6 heteroatoms. The molecule has 4 rings (SSSR count). The molecule has 3 aromatic rings. The van der Waals surface area contributed by atoms with Crippen molar-refractivity contribution < 1.29 is 9.32 Å². The molecule has 29 heavy (non-hydrogen) atoms. The van der Waals surface area contributed by atoms with Gasteiger partial charge in [0.15, 0.2) is 0 Å². The third-order valence-electron chi connectivity index (χ3n) is 5.33. The number of hydrogen-bond donors (Lipinski definition) is 1. The van der Waals surface area contributed by atoms with Crippen molar-refractivity contribution >= 4 is 5.91 Å². The molecular weight excluding hydrogens is 364 g/mol. The standard InChI is InChI=1S/C23H26N4O2/c1-17-7-3-4-8-20(17)22-25-21(29-26-22)15-24-23(28)19-11-9-18(10-12-19)16-27-13-5-2-6-14-27/h3-4,7-12H,2,5-6,13-16H2,1H3,(H,24,28). The second-order valence-corrected chi connectivity index (χ2v) is 7.54. The Bertz CT molecular complexity index is 959. The van der Waals surface area contributed by atoms with Gasteiger partial charge >= 0.3 is 0 Å². The molecule has 1 saturated heterocycles. The minimum absolute atomic E-state index is 0.148. The van der Waals surface area contributed by atoms with Crippen molar-refractivity contribution in [3.8, 4) is 11.4 Å². The minimum atomic E-state index is -0.148. The molecule has 0 saturated carbocycles. The lowest BCUT2D eigenvalue weighted by molar-refractivity contribution is 0.0946. The van der Waals surface area contributed by atoms with Gasteiger partial charge in [0.25, 0.3) is 5.91 Å². The topological polar surface area (TPSA) is 71.3 Å². The number of nitrogens with zero attached hydrogens (tertiary/aromatic N) is 3. The molecule has 150 valence electrons. The Hall–Kier alpha value is -2.99. The largest absolute Gasteiger partial charge is 0.343 e. The van der Waals surface area contributed by atoms with Crippen molar-refractivity contribution in [1.29, 1.82) is 0 Å². The van der Waals surface area contributed by atoms with Crippen molar-refractivity contribution in [1.82, 2.24) is 20.4 Å². The van der Waals surface area contributed by atoms with E-state index in [1.165, 1.54) is 24.8 Å². The first-order valence-electron chi connectivity index (χ1n) is 10.2. The van der Waals surface area contributed by atoms with Gasteiger partial charge in [0, 0.05) is 17.7 Å². The second-order valence-electron chi connectivity index (χ2n) is 7.54. The van der Waals surface area contributed by atoms with Crippen molar-refractivity contribution in [2.45, 2.75) is 39.3 Å². The third kappa shape index (κ3) is 4.90.